The summed E-state index contributed by atoms with van der Waals surface area (Å²) in [6, 6.07) is 29.4. The molecule has 0 radical (unpaired) electrons. The first-order chi connectivity index (χ1) is 22.7. The van der Waals surface area contributed by atoms with Crippen LogP contribution in [-0.4, -0.2) is 26.3 Å². The Labute approximate surface area is 274 Å². The number of carbonyl (C=O) groups excluding carboxylic acids is 2. The first kappa shape index (κ1) is 33.0. The van der Waals surface area contributed by atoms with Crippen LogP contribution in [0, 0.1) is 0 Å². The maximum atomic E-state index is 13.9. The molecule has 242 valence electrons. The smallest absolute Gasteiger partial charge is 0.326 e. The minimum Gasteiger partial charge on any atom is -0.366 e. The highest BCUT2D eigenvalue weighted by atomic mass is 32.2. The van der Waals surface area contributed by atoms with Crippen LogP contribution in [0.2, 0.25) is 0 Å². The number of hydrogen-bond acceptors (Lipinski definition) is 5. The number of nitrogens with one attached hydrogen (secondary N) is 1. The van der Waals surface area contributed by atoms with Crippen LogP contribution < -0.4 is 21.8 Å². The number of nitrogens with zero attached hydrogens (tertiary/aromatic N) is 4. The molecule has 0 atom stereocenters. The second kappa shape index (κ2) is 15.3. The van der Waals surface area contributed by atoms with E-state index in [9.17, 15) is 18.0 Å². The van der Waals surface area contributed by atoms with Gasteiger partial charge in [-0.25, -0.2) is 13.2 Å². The van der Waals surface area contributed by atoms with Crippen molar-refractivity contribution in [2.75, 3.05) is 10.2 Å². The third-order valence-corrected chi connectivity index (χ3v) is 9.77. The second-order valence-corrected chi connectivity index (χ2v) is 13.4. The second-order valence-electron chi connectivity index (χ2n) is 11.4. The fourth-order valence-corrected chi connectivity index (χ4v) is 7.05. The van der Waals surface area contributed by atoms with E-state index >= 15 is 0 Å². The minimum absolute atomic E-state index is 0.110. The molecule has 4 aromatic rings. The highest BCUT2D eigenvalue weighted by molar-refractivity contribution is 7.90. The Morgan fingerprint density at radius 2 is 1.53 bits per heavy atom. The maximum Gasteiger partial charge on any atom is 0.326 e. The van der Waals surface area contributed by atoms with Gasteiger partial charge in [-0.3, -0.25) is 9.69 Å². The summed E-state index contributed by atoms with van der Waals surface area (Å²) in [6.45, 7) is 0.169. The first-order valence-corrected chi connectivity index (χ1v) is 17.0. The number of sulfone groups is 1. The molecule has 0 unspecified atom stereocenters. The van der Waals surface area contributed by atoms with Gasteiger partial charge in [0.05, 0.1) is 17.2 Å². The summed E-state index contributed by atoms with van der Waals surface area (Å²) in [5.41, 5.74) is 9.46. The summed E-state index contributed by atoms with van der Waals surface area (Å²) in [6.07, 6.45) is 6.01. The Bertz CT molecular complexity index is 1850. The number of rotatable bonds is 9. The highest BCUT2D eigenvalue weighted by Gasteiger charge is 2.21. The zero-order valence-corrected chi connectivity index (χ0v) is 26.6. The van der Waals surface area contributed by atoms with Crippen LogP contribution in [0.25, 0.3) is 0 Å². The largest absolute Gasteiger partial charge is 0.366 e. The molecule has 0 bridgehead atoms. The Hall–Kier alpha value is -5.36. The Kier molecular flexibility index (Phi) is 10.7. The Balaban J connectivity index is 1.38. The zero-order chi connectivity index (χ0) is 33.2. The molecule has 3 amide bonds. The van der Waals surface area contributed by atoms with Crippen molar-refractivity contribution >= 4 is 39.1 Å². The molecule has 5 rings (SSSR count). The minimum atomic E-state index is -3.66. The summed E-state index contributed by atoms with van der Waals surface area (Å²) >= 11 is 0. The van der Waals surface area contributed by atoms with Gasteiger partial charge in [-0.05, 0) is 77.9 Å². The van der Waals surface area contributed by atoms with E-state index in [2.05, 4.69) is 32.8 Å². The molecule has 1 fully saturated rings. The lowest BCUT2D eigenvalue weighted by Gasteiger charge is -2.26. The summed E-state index contributed by atoms with van der Waals surface area (Å²) in [5.74, 6) is 4.33. The molecule has 4 aromatic carbocycles. The van der Waals surface area contributed by atoms with Gasteiger partial charge in [-0.1, -0.05) is 90.3 Å². The number of guanidine groups is 1. The molecule has 11 nitrogen and oxygen atoms in total. The number of benzene rings is 4. The lowest BCUT2D eigenvalue weighted by atomic mass is 9.84. The van der Waals surface area contributed by atoms with E-state index in [-0.39, 0.29) is 28.7 Å². The van der Waals surface area contributed by atoms with Crippen molar-refractivity contribution in [3.05, 3.63) is 125 Å². The first-order valence-electron chi connectivity index (χ1n) is 15.4. The van der Waals surface area contributed by atoms with E-state index in [0.717, 1.165) is 18.4 Å². The summed E-state index contributed by atoms with van der Waals surface area (Å²) in [5, 5.41) is 9.23. The SMILES string of the molecule is N/N=N\C(N)=NC(=O)c1ccc(CN(C(=O)Nc2cccc(S(=O)(=O)Cc3ccccc3)c2)c2ccc(C3CCCCC3)cc2)cc1. The van der Waals surface area contributed by atoms with Crippen molar-refractivity contribution in [1.82, 2.24) is 0 Å². The average molecular weight is 652 g/mol. The standard InChI is InChI=1S/C35H37N7O4S/c36-34(40-41-37)39-33(43)29-16-14-25(15-17-29)23-42(31-20-18-28(19-21-31)27-10-5-2-6-11-27)35(44)38-30-12-7-13-32(22-30)47(45,46)24-26-8-3-1-4-9-26/h1,3-4,7-9,12-22,27H,2,5-6,10-11,23-24H2,(H,38,44)(H4,36,37,39,40,43). The van der Waals surface area contributed by atoms with Crippen LogP contribution in [0.1, 0.15) is 65.1 Å². The molecule has 1 aliphatic carbocycles. The molecule has 5 N–H and O–H groups in total. The van der Waals surface area contributed by atoms with E-state index in [4.69, 9.17) is 11.6 Å². The third kappa shape index (κ3) is 8.88. The average Bonchev–Trinajstić information content (AvgIpc) is 3.08. The van der Waals surface area contributed by atoms with Crippen LogP contribution in [0.5, 0.6) is 0 Å². The van der Waals surface area contributed by atoms with E-state index in [1.54, 1.807) is 65.6 Å². The van der Waals surface area contributed by atoms with E-state index in [1.165, 1.54) is 37.0 Å². The van der Waals surface area contributed by atoms with Crippen LogP contribution >= 0.6 is 0 Å². The number of carbonyl (C=O) groups is 2. The quantitative estimate of drug-likeness (QED) is 0.0595. The molecular formula is C35H37N7O4S. The summed E-state index contributed by atoms with van der Waals surface area (Å²) in [4.78, 5) is 31.6. The molecular weight excluding hydrogens is 614 g/mol. The molecule has 47 heavy (non-hydrogen) atoms. The van der Waals surface area contributed by atoms with Crippen molar-refractivity contribution in [2.45, 2.75) is 55.2 Å². The Morgan fingerprint density at radius 1 is 0.830 bits per heavy atom. The van der Waals surface area contributed by atoms with Gasteiger partial charge in [-0.2, -0.15) is 4.99 Å². The number of nitrogens with two attached hydrogens (primary N) is 2. The van der Waals surface area contributed by atoms with Gasteiger partial charge in [0, 0.05) is 16.9 Å². The zero-order valence-electron chi connectivity index (χ0n) is 25.8. The predicted octanol–water partition coefficient (Wildman–Crippen LogP) is 6.73. The number of amides is 3. The number of aliphatic imine (C=N–C) groups is 1. The van der Waals surface area contributed by atoms with Crippen molar-refractivity contribution in [3.63, 3.8) is 0 Å². The van der Waals surface area contributed by atoms with Crippen molar-refractivity contribution in [2.24, 2.45) is 26.9 Å². The molecule has 1 aliphatic rings. The lowest BCUT2D eigenvalue weighted by Crippen LogP contribution is -2.34. The van der Waals surface area contributed by atoms with Crippen LogP contribution in [0.15, 0.2) is 123 Å². The number of urea groups is 1. The van der Waals surface area contributed by atoms with Gasteiger partial charge < -0.3 is 16.9 Å². The third-order valence-electron chi connectivity index (χ3n) is 8.09. The molecule has 1 saturated carbocycles. The van der Waals surface area contributed by atoms with Gasteiger partial charge in [0.1, 0.15) is 0 Å². The normalized spacial score (nSPS) is 14.2. The van der Waals surface area contributed by atoms with Gasteiger partial charge in [0.25, 0.3) is 5.91 Å². The van der Waals surface area contributed by atoms with Crippen LogP contribution in [0.4, 0.5) is 16.2 Å². The van der Waals surface area contributed by atoms with Gasteiger partial charge in [0.15, 0.2) is 9.84 Å². The fraction of sp³-hybridized carbons (Fsp3) is 0.229. The summed E-state index contributed by atoms with van der Waals surface area (Å²) in [7, 11) is -3.66. The van der Waals surface area contributed by atoms with Crippen LogP contribution in [-0.2, 0) is 22.1 Å². The number of anilines is 2. The molecule has 0 saturated heterocycles. The van der Waals surface area contributed by atoms with Gasteiger partial charge >= 0.3 is 6.03 Å². The monoisotopic (exact) mass is 651 g/mol. The van der Waals surface area contributed by atoms with Gasteiger partial charge in [-0.15, -0.1) is 0 Å². The topological polar surface area (TPSA) is 173 Å². The van der Waals surface area contributed by atoms with Crippen LogP contribution in [0.3, 0.4) is 0 Å². The highest BCUT2D eigenvalue weighted by Crippen LogP contribution is 2.34. The van der Waals surface area contributed by atoms with Crippen molar-refractivity contribution in [1.29, 1.82) is 0 Å². The predicted molar refractivity (Wildman–Crippen MR) is 183 cm³/mol. The Morgan fingerprint density at radius 3 is 2.21 bits per heavy atom. The lowest BCUT2D eigenvalue weighted by molar-refractivity contribution is 0.100. The van der Waals surface area contributed by atoms with Crippen molar-refractivity contribution in [3.8, 4) is 0 Å². The molecule has 0 aromatic heterocycles. The van der Waals surface area contributed by atoms with E-state index in [1.807, 2.05) is 18.2 Å². The molecule has 0 aliphatic heterocycles. The number of hydrogen-bond donors (Lipinski definition) is 3. The summed E-state index contributed by atoms with van der Waals surface area (Å²) < 4.78 is 26.4. The molecule has 0 spiro atoms. The fourth-order valence-electron chi connectivity index (χ4n) is 5.66. The van der Waals surface area contributed by atoms with E-state index in [0.29, 0.717) is 22.9 Å². The van der Waals surface area contributed by atoms with Gasteiger partial charge in [0.2, 0.25) is 5.96 Å². The van der Waals surface area contributed by atoms with Crippen molar-refractivity contribution < 1.29 is 18.0 Å². The molecule has 0 heterocycles. The molecule has 12 heteroatoms. The maximum absolute atomic E-state index is 13.9. The van der Waals surface area contributed by atoms with E-state index < -0.39 is 21.8 Å².